The molecule has 0 bridgehead atoms. The topological polar surface area (TPSA) is 149 Å². The van der Waals surface area contributed by atoms with Crippen LogP contribution >= 0.6 is 0 Å². The summed E-state index contributed by atoms with van der Waals surface area (Å²) in [7, 11) is 0. The zero-order chi connectivity index (χ0) is 18.3. The van der Waals surface area contributed by atoms with Crippen molar-refractivity contribution in [1.29, 1.82) is 0 Å². The van der Waals surface area contributed by atoms with Crippen LogP contribution in [0.3, 0.4) is 0 Å². The molecule has 0 unspecified atom stereocenters. The molecule has 0 spiro atoms. The highest BCUT2D eigenvalue weighted by Gasteiger charge is 2.72. The van der Waals surface area contributed by atoms with Crippen LogP contribution in [0, 0.1) is 10.8 Å². The first kappa shape index (κ1) is 20.2. The van der Waals surface area contributed by atoms with Crippen molar-refractivity contribution >= 4 is 23.5 Å². The van der Waals surface area contributed by atoms with E-state index in [4.69, 9.17) is 0 Å². The molecule has 22 heavy (non-hydrogen) atoms. The van der Waals surface area contributed by atoms with Gasteiger partial charge in [-0.1, -0.05) is 41.5 Å². The predicted molar refractivity (Wildman–Crippen MR) is 74.1 cm³/mol. The van der Waals surface area contributed by atoms with Crippen LogP contribution in [0.15, 0.2) is 0 Å². The lowest BCUT2D eigenvalue weighted by Gasteiger charge is -2.40. The second-order valence-corrected chi connectivity index (χ2v) is 7.19. The van der Waals surface area contributed by atoms with Crippen molar-refractivity contribution in [2.45, 2.75) is 52.7 Å². The standard InChI is InChI=1S/C14H22O8/c1-11(2,3)7(15)13(21,9(17)18)14(22,10(19)20)8(16)12(4,5)6/h21-22H,1-6H3,(H,17,18)(H,19,20)/t13-,14-/m0/s1. The summed E-state index contributed by atoms with van der Waals surface area (Å²) in [5.41, 5.74) is -10.7. The van der Waals surface area contributed by atoms with Gasteiger partial charge >= 0.3 is 11.9 Å². The van der Waals surface area contributed by atoms with Crippen molar-refractivity contribution in [2.75, 3.05) is 0 Å². The number of hydrogen-bond acceptors (Lipinski definition) is 6. The maximum Gasteiger partial charge on any atom is 0.347 e. The summed E-state index contributed by atoms with van der Waals surface area (Å²) in [6.45, 7) is 7.38. The molecular formula is C14H22O8. The summed E-state index contributed by atoms with van der Waals surface area (Å²) < 4.78 is 0. The average Bonchev–Trinajstić information content (AvgIpc) is 2.31. The van der Waals surface area contributed by atoms with Gasteiger partial charge in [-0.3, -0.25) is 9.59 Å². The summed E-state index contributed by atoms with van der Waals surface area (Å²) in [4.78, 5) is 47.5. The number of ketones is 2. The molecule has 0 aliphatic rings. The molecule has 0 aromatic heterocycles. The second-order valence-electron chi connectivity index (χ2n) is 7.19. The van der Waals surface area contributed by atoms with E-state index in [-0.39, 0.29) is 0 Å². The molecular weight excluding hydrogens is 296 g/mol. The third kappa shape index (κ3) is 2.89. The van der Waals surface area contributed by atoms with E-state index in [1.807, 2.05) is 0 Å². The van der Waals surface area contributed by atoms with Gasteiger partial charge in [0, 0.05) is 10.8 Å². The van der Waals surface area contributed by atoms with Crippen LogP contribution in [0.25, 0.3) is 0 Å². The van der Waals surface area contributed by atoms with E-state index < -0.39 is 45.5 Å². The molecule has 0 radical (unpaired) electrons. The molecule has 0 rings (SSSR count). The van der Waals surface area contributed by atoms with E-state index in [2.05, 4.69) is 0 Å². The van der Waals surface area contributed by atoms with Gasteiger partial charge in [0.25, 0.3) is 11.2 Å². The Morgan fingerprint density at radius 3 is 0.864 bits per heavy atom. The van der Waals surface area contributed by atoms with Crippen LogP contribution in [-0.2, 0) is 19.2 Å². The summed E-state index contributed by atoms with van der Waals surface area (Å²) in [6, 6.07) is 0. The van der Waals surface area contributed by atoms with E-state index in [0.717, 1.165) is 0 Å². The Bertz CT molecular complexity index is 474. The normalized spacial score (nSPS) is 18.0. The van der Waals surface area contributed by atoms with E-state index in [1.54, 1.807) is 0 Å². The highest BCUT2D eigenvalue weighted by atomic mass is 16.5. The minimum Gasteiger partial charge on any atom is -0.479 e. The van der Waals surface area contributed by atoms with Gasteiger partial charge in [-0.2, -0.15) is 0 Å². The van der Waals surface area contributed by atoms with Gasteiger partial charge in [0.2, 0.25) is 0 Å². The Morgan fingerprint density at radius 2 is 0.773 bits per heavy atom. The first-order valence-corrected chi connectivity index (χ1v) is 6.46. The minimum absolute atomic E-state index is 1.23. The van der Waals surface area contributed by atoms with Gasteiger partial charge in [0.05, 0.1) is 0 Å². The molecule has 0 amide bonds. The molecule has 4 N–H and O–H groups in total. The van der Waals surface area contributed by atoms with E-state index >= 15 is 0 Å². The monoisotopic (exact) mass is 318 g/mol. The number of carboxylic acid groups (broad SMARTS) is 2. The molecule has 0 saturated heterocycles. The number of rotatable bonds is 5. The Kier molecular flexibility index (Phi) is 4.99. The second kappa shape index (κ2) is 5.44. The predicted octanol–water partition coefficient (Wildman–Crippen LogP) is -0.152. The largest absolute Gasteiger partial charge is 0.479 e. The number of aliphatic carboxylic acids is 2. The molecule has 0 heterocycles. The fourth-order valence-electron chi connectivity index (χ4n) is 1.92. The summed E-state index contributed by atoms with van der Waals surface area (Å²) in [5, 5.41) is 39.1. The zero-order valence-electron chi connectivity index (χ0n) is 13.4. The van der Waals surface area contributed by atoms with Gasteiger partial charge in [-0.05, 0) is 0 Å². The molecule has 0 aromatic carbocycles. The molecule has 0 fully saturated rings. The highest BCUT2D eigenvalue weighted by molar-refractivity contribution is 6.23. The first-order valence-electron chi connectivity index (χ1n) is 6.46. The number of carbonyl (C=O) groups excluding carboxylic acids is 2. The lowest BCUT2D eigenvalue weighted by Crippen LogP contribution is -2.74. The molecule has 0 aliphatic carbocycles. The molecule has 0 aromatic rings. The van der Waals surface area contributed by atoms with E-state index in [9.17, 15) is 39.6 Å². The van der Waals surface area contributed by atoms with Crippen LogP contribution in [0.1, 0.15) is 41.5 Å². The fourth-order valence-corrected chi connectivity index (χ4v) is 1.92. The molecule has 0 aliphatic heterocycles. The van der Waals surface area contributed by atoms with Crippen LogP contribution in [-0.4, -0.2) is 55.1 Å². The average molecular weight is 318 g/mol. The van der Waals surface area contributed by atoms with Crippen LogP contribution < -0.4 is 0 Å². The van der Waals surface area contributed by atoms with Crippen molar-refractivity contribution in [3.8, 4) is 0 Å². The van der Waals surface area contributed by atoms with Gasteiger partial charge in [0.15, 0.2) is 11.6 Å². The Labute approximate surface area is 127 Å². The van der Waals surface area contributed by atoms with Gasteiger partial charge < -0.3 is 20.4 Å². The number of carboxylic acids is 2. The Morgan fingerprint density at radius 1 is 0.591 bits per heavy atom. The lowest BCUT2D eigenvalue weighted by molar-refractivity contribution is -0.212. The number of aliphatic hydroxyl groups is 2. The maximum absolute atomic E-state index is 12.3. The van der Waals surface area contributed by atoms with E-state index in [1.165, 1.54) is 41.5 Å². The Hall–Kier alpha value is -1.80. The smallest absolute Gasteiger partial charge is 0.347 e. The molecule has 126 valence electrons. The fraction of sp³-hybridized carbons (Fsp3) is 0.714. The molecule has 8 nitrogen and oxygen atoms in total. The number of hydrogen-bond donors (Lipinski definition) is 4. The quantitative estimate of drug-likeness (QED) is 0.511. The Balaban J connectivity index is 6.67. The van der Waals surface area contributed by atoms with Crippen LogP contribution in [0.5, 0.6) is 0 Å². The summed E-state index contributed by atoms with van der Waals surface area (Å²) in [6.07, 6.45) is 0. The van der Waals surface area contributed by atoms with Gasteiger partial charge in [-0.15, -0.1) is 0 Å². The summed E-state index contributed by atoms with van der Waals surface area (Å²) >= 11 is 0. The minimum atomic E-state index is -3.82. The SMILES string of the molecule is CC(C)(C)C(=O)[C@](O)(C(=O)O)[C@@](O)(C(=O)O)C(=O)C(C)(C)C. The van der Waals surface area contributed by atoms with Gasteiger partial charge in [-0.25, -0.2) is 9.59 Å². The van der Waals surface area contributed by atoms with Crippen molar-refractivity contribution in [3.63, 3.8) is 0 Å². The van der Waals surface area contributed by atoms with Crippen molar-refractivity contribution < 1.29 is 39.6 Å². The zero-order valence-corrected chi connectivity index (χ0v) is 13.4. The number of Topliss-reactive ketones (excluding diaryl/α,β-unsaturated/α-hetero) is 2. The lowest BCUT2D eigenvalue weighted by atomic mass is 9.65. The van der Waals surface area contributed by atoms with Crippen molar-refractivity contribution in [1.82, 2.24) is 0 Å². The van der Waals surface area contributed by atoms with Crippen molar-refractivity contribution in [2.24, 2.45) is 10.8 Å². The van der Waals surface area contributed by atoms with Crippen LogP contribution in [0.4, 0.5) is 0 Å². The van der Waals surface area contributed by atoms with Gasteiger partial charge in [0.1, 0.15) is 0 Å². The van der Waals surface area contributed by atoms with Crippen LogP contribution in [0.2, 0.25) is 0 Å². The van der Waals surface area contributed by atoms with Crippen molar-refractivity contribution in [3.05, 3.63) is 0 Å². The third-order valence-corrected chi connectivity index (χ3v) is 3.16. The third-order valence-electron chi connectivity index (χ3n) is 3.16. The molecule has 8 heteroatoms. The molecule has 0 saturated carbocycles. The summed E-state index contributed by atoms with van der Waals surface area (Å²) in [5.74, 6) is -7.60. The number of carbonyl (C=O) groups is 4. The van der Waals surface area contributed by atoms with E-state index in [0.29, 0.717) is 0 Å². The maximum atomic E-state index is 12.3. The molecule has 2 atom stereocenters. The highest BCUT2D eigenvalue weighted by Crippen LogP contribution is 2.37. The first-order chi connectivity index (χ1) is 9.45.